The summed E-state index contributed by atoms with van der Waals surface area (Å²) in [5.41, 5.74) is 0.227. The van der Waals surface area contributed by atoms with E-state index in [1.807, 2.05) is 6.92 Å². The Morgan fingerprint density at radius 3 is 2.67 bits per heavy atom. The Morgan fingerprint density at radius 1 is 1.29 bits per heavy atom. The first-order valence-corrected chi connectivity index (χ1v) is 8.67. The largest absolute Gasteiger partial charge is 0.384 e. The fourth-order valence-electron chi connectivity index (χ4n) is 2.70. The lowest BCUT2D eigenvalue weighted by atomic mass is 9.84. The highest BCUT2D eigenvalue weighted by Crippen LogP contribution is 2.29. The van der Waals surface area contributed by atoms with E-state index >= 15 is 0 Å². The molecule has 0 aliphatic heterocycles. The van der Waals surface area contributed by atoms with Crippen LogP contribution in [0.3, 0.4) is 0 Å². The maximum absolute atomic E-state index is 12.5. The van der Waals surface area contributed by atoms with Crippen molar-refractivity contribution in [1.82, 2.24) is 4.72 Å². The number of aliphatic hydroxyl groups is 1. The van der Waals surface area contributed by atoms with Gasteiger partial charge in [0.2, 0.25) is 10.0 Å². The Balaban J connectivity index is 2.23. The average molecular weight is 307 g/mol. The van der Waals surface area contributed by atoms with Crippen LogP contribution in [0.25, 0.3) is 0 Å². The average Bonchev–Trinajstić information content (AvgIpc) is 2.45. The first-order chi connectivity index (χ1) is 9.95. The van der Waals surface area contributed by atoms with Crippen LogP contribution in [0, 0.1) is 11.8 Å². The summed E-state index contributed by atoms with van der Waals surface area (Å²) in [6.07, 6.45) is 5.03. The zero-order valence-corrected chi connectivity index (χ0v) is 13.0. The summed E-state index contributed by atoms with van der Waals surface area (Å²) in [6, 6.07) is 6.50. The van der Waals surface area contributed by atoms with Gasteiger partial charge in [-0.1, -0.05) is 37.2 Å². The summed E-state index contributed by atoms with van der Waals surface area (Å²) >= 11 is 0. The van der Waals surface area contributed by atoms with E-state index in [-0.39, 0.29) is 17.0 Å². The number of rotatable bonds is 3. The van der Waals surface area contributed by atoms with Crippen molar-refractivity contribution in [2.45, 2.75) is 49.5 Å². The molecule has 0 amide bonds. The molecule has 4 nitrogen and oxygen atoms in total. The number of nitrogens with one attached hydrogen (secondary N) is 1. The molecule has 0 radical (unpaired) electrons. The van der Waals surface area contributed by atoms with Crippen LogP contribution in [0.5, 0.6) is 0 Å². The van der Waals surface area contributed by atoms with Gasteiger partial charge in [0.1, 0.15) is 6.61 Å². The van der Waals surface area contributed by atoms with Crippen LogP contribution in [0.15, 0.2) is 29.2 Å². The van der Waals surface area contributed by atoms with Crippen molar-refractivity contribution >= 4 is 10.0 Å². The summed E-state index contributed by atoms with van der Waals surface area (Å²) in [5.74, 6) is 5.25. The molecule has 0 unspecified atom stereocenters. The van der Waals surface area contributed by atoms with Crippen LogP contribution in [-0.2, 0) is 10.0 Å². The van der Waals surface area contributed by atoms with Crippen LogP contribution in [-0.4, -0.2) is 25.7 Å². The molecule has 1 saturated carbocycles. The normalized spacial score (nSPS) is 17.8. The molecule has 0 bridgehead atoms. The third-order valence-electron chi connectivity index (χ3n) is 3.79. The van der Waals surface area contributed by atoms with Crippen LogP contribution >= 0.6 is 0 Å². The lowest BCUT2D eigenvalue weighted by molar-refractivity contribution is 0.294. The Morgan fingerprint density at radius 2 is 2.00 bits per heavy atom. The predicted molar refractivity (Wildman–Crippen MR) is 82.2 cm³/mol. The fourth-order valence-corrected chi connectivity index (χ4v) is 4.21. The van der Waals surface area contributed by atoms with Gasteiger partial charge in [0, 0.05) is 11.1 Å². The smallest absolute Gasteiger partial charge is 0.241 e. The molecule has 2 rings (SSSR count). The minimum absolute atomic E-state index is 0.221. The van der Waals surface area contributed by atoms with E-state index in [1.165, 1.54) is 12.5 Å². The summed E-state index contributed by atoms with van der Waals surface area (Å²) < 4.78 is 27.9. The van der Waals surface area contributed by atoms with E-state index in [0.717, 1.165) is 25.7 Å². The van der Waals surface area contributed by atoms with Gasteiger partial charge in [-0.3, -0.25) is 0 Å². The maximum Gasteiger partial charge on any atom is 0.241 e. The van der Waals surface area contributed by atoms with Crippen LogP contribution in [0.4, 0.5) is 0 Å². The zero-order chi connectivity index (χ0) is 15.3. The topological polar surface area (TPSA) is 66.4 Å². The van der Waals surface area contributed by atoms with E-state index < -0.39 is 10.0 Å². The Kier molecular flexibility index (Phi) is 5.04. The quantitative estimate of drug-likeness (QED) is 0.840. The molecule has 114 valence electrons. The number of sulfonamides is 1. The molecular weight excluding hydrogens is 286 g/mol. The van der Waals surface area contributed by atoms with E-state index in [2.05, 4.69) is 16.6 Å². The molecule has 2 N–H and O–H groups in total. The van der Waals surface area contributed by atoms with E-state index in [0.29, 0.717) is 5.56 Å². The molecule has 0 heterocycles. The van der Waals surface area contributed by atoms with Gasteiger partial charge >= 0.3 is 0 Å². The number of aliphatic hydroxyl groups excluding tert-OH is 1. The van der Waals surface area contributed by atoms with Crippen molar-refractivity contribution < 1.29 is 13.5 Å². The SMILES string of the molecule is CC1(NS(=O)(=O)c2cccc(C#CCO)c2)CCCCC1. The number of hydrogen-bond donors (Lipinski definition) is 2. The third-order valence-corrected chi connectivity index (χ3v) is 5.43. The molecule has 0 aromatic heterocycles. The Bertz CT molecular complexity index is 650. The second-order valence-electron chi connectivity index (χ2n) is 5.71. The van der Waals surface area contributed by atoms with Gasteiger partial charge in [-0.25, -0.2) is 13.1 Å². The molecule has 0 spiro atoms. The van der Waals surface area contributed by atoms with Crippen molar-refractivity contribution in [2.24, 2.45) is 0 Å². The first kappa shape index (κ1) is 16.0. The molecular formula is C16H21NO3S. The first-order valence-electron chi connectivity index (χ1n) is 7.19. The molecule has 1 aliphatic rings. The summed E-state index contributed by atoms with van der Waals surface area (Å²) in [4.78, 5) is 0.221. The molecule has 1 fully saturated rings. The summed E-state index contributed by atoms with van der Waals surface area (Å²) in [7, 11) is -3.55. The Hall–Kier alpha value is -1.35. The highest BCUT2D eigenvalue weighted by Gasteiger charge is 2.31. The second kappa shape index (κ2) is 6.61. The predicted octanol–water partition coefficient (Wildman–Crippen LogP) is 2.03. The molecule has 1 aromatic carbocycles. The second-order valence-corrected chi connectivity index (χ2v) is 7.40. The van der Waals surface area contributed by atoms with Gasteiger partial charge in [-0.05, 0) is 38.0 Å². The van der Waals surface area contributed by atoms with Crippen LogP contribution in [0.2, 0.25) is 0 Å². The molecule has 21 heavy (non-hydrogen) atoms. The molecule has 0 saturated heterocycles. The van der Waals surface area contributed by atoms with Gasteiger partial charge in [0.05, 0.1) is 4.90 Å². The lowest BCUT2D eigenvalue weighted by Crippen LogP contribution is -2.47. The number of hydrogen-bond acceptors (Lipinski definition) is 3. The molecule has 5 heteroatoms. The highest BCUT2D eigenvalue weighted by molar-refractivity contribution is 7.89. The van der Waals surface area contributed by atoms with Gasteiger partial charge in [0.15, 0.2) is 0 Å². The Labute approximate surface area is 126 Å². The van der Waals surface area contributed by atoms with E-state index in [9.17, 15) is 8.42 Å². The maximum atomic E-state index is 12.5. The van der Waals surface area contributed by atoms with Crippen molar-refractivity contribution in [3.63, 3.8) is 0 Å². The minimum Gasteiger partial charge on any atom is -0.384 e. The van der Waals surface area contributed by atoms with Gasteiger partial charge in [-0.2, -0.15) is 0 Å². The standard InChI is InChI=1S/C16H21NO3S/c1-16(10-3-2-4-11-16)17-21(19,20)15-9-5-7-14(13-15)8-6-12-18/h5,7,9,13,17-18H,2-4,10-12H2,1H3. The molecule has 1 aromatic rings. The van der Waals surface area contributed by atoms with Gasteiger partial charge in [0.25, 0.3) is 0 Å². The molecule has 1 aliphatic carbocycles. The number of benzene rings is 1. The van der Waals surface area contributed by atoms with E-state index in [4.69, 9.17) is 5.11 Å². The van der Waals surface area contributed by atoms with Crippen LogP contribution < -0.4 is 4.72 Å². The van der Waals surface area contributed by atoms with Crippen molar-refractivity contribution in [3.8, 4) is 11.8 Å². The fraction of sp³-hybridized carbons (Fsp3) is 0.500. The molecule has 0 atom stereocenters. The summed E-state index contributed by atoms with van der Waals surface area (Å²) in [5, 5.41) is 8.70. The minimum atomic E-state index is -3.55. The van der Waals surface area contributed by atoms with Crippen molar-refractivity contribution in [1.29, 1.82) is 0 Å². The summed E-state index contributed by atoms with van der Waals surface area (Å²) in [6.45, 7) is 1.73. The van der Waals surface area contributed by atoms with Gasteiger partial charge < -0.3 is 5.11 Å². The van der Waals surface area contributed by atoms with Crippen LogP contribution in [0.1, 0.15) is 44.6 Å². The van der Waals surface area contributed by atoms with E-state index in [1.54, 1.807) is 18.2 Å². The highest BCUT2D eigenvalue weighted by atomic mass is 32.2. The monoisotopic (exact) mass is 307 g/mol. The van der Waals surface area contributed by atoms with Crippen molar-refractivity contribution in [3.05, 3.63) is 29.8 Å². The third kappa shape index (κ3) is 4.31. The van der Waals surface area contributed by atoms with Crippen molar-refractivity contribution in [2.75, 3.05) is 6.61 Å². The lowest BCUT2D eigenvalue weighted by Gasteiger charge is -2.34. The zero-order valence-electron chi connectivity index (χ0n) is 12.2. The van der Waals surface area contributed by atoms with Gasteiger partial charge in [-0.15, -0.1) is 0 Å².